The molecule has 3 rings (SSSR count). The van der Waals surface area contributed by atoms with Crippen LogP contribution in [-0.4, -0.2) is 60.9 Å². The molecule has 1 fully saturated rings. The Morgan fingerprint density at radius 3 is 2.37 bits per heavy atom. The van der Waals surface area contributed by atoms with Crippen molar-refractivity contribution in [2.45, 2.75) is 58.7 Å². The third-order valence-electron chi connectivity index (χ3n) is 5.83. The number of aliphatic imine (C=N–C) groups is 1. The van der Waals surface area contributed by atoms with Gasteiger partial charge in [-0.1, -0.05) is 38.1 Å². The molecule has 30 heavy (non-hydrogen) atoms. The molecule has 0 radical (unpaired) electrons. The van der Waals surface area contributed by atoms with Crippen LogP contribution in [0.15, 0.2) is 29.3 Å². The number of halogens is 1. The molecule has 0 unspecified atom stereocenters. The summed E-state index contributed by atoms with van der Waals surface area (Å²) >= 11 is 0. The number of amides is 1. The van der Waals surface area contributed by atoms with E-state index >= 15 is 0 Å². The number of likely N-dealkylation sites (tertiary alicyclic amines) is 1. The van der Waals surface area contributed by atoms with Gasteiger partial charge in [0.25, 0.3) is 0 Å². The lowest BCUT2D eigenvalue weighted by molar-refractivity contribution is -0.131. The molecule has 1 amide bonds. The molecule has 6 nitrogen and oxygen atoms in total. The van der Waals surface area contributed by atoms with Crippen molar-refractivity contribution in [1.29, 1.82) is 0 Å². The summed E-state index contributed by atoms with van der Waals surface area (Å²) in [6.07, 6.45) is 3.70. The lowest BCUT2D eigenvalue weighted by Crippen LogP contribution is -2.49. The van der Waals surface area contributed by atoms with Crippen LogP contribution in [-0.2, 0) is 17.9 Å². The molecule has 0 atom stereocenters. The Morgan fingerprint density at radius 2 is 1.80 bits per heavy atom. The number of carbonyl (C=O) groups is 1. The minimum Gasteiger partial charge on any atom is -0.356 e. The van der Waals surface area contributed by atoms with E-state index in [-0.39, 0.29) is 29.9 Å². The van der Waals surface area contributed by atoms with Crippen LogP contribution in [0.5, 0.6) is 0 Å². The van der Waals surface area contributed by atoms with Crippen molar-refractivity contribution in [3.63, 3.8) is 0 Å². The molecular weight excluding hydrogens is 489 g/mol. The maximum Gasteiger partial charge on any atom is 0.223 e. The van der Waals surface area contributed by atoms with E-state index < -0.39 is 0 Å². The summed E-state index contributed by atoms with van der Waals surface area (Å²) in [4.78, 5) is 21.4. The molecule has 0 aliphatic carbocycles. The van der Waals surface area contributed by atoms with Crippen molar-refractivity contribution in [2.24, 2.45) is 10.9 Å². The fourth-order valence-corrected chi connectivity index (χ4v) is 4.28. The number of hydrogen-bond acceptors (Lipinski definition) is 3. The van der Waals surface area contributed by atoms with Crippen molar-refractivity contribution >= 4 is 35.8 Å². The lowest BCUT2D eigenvalue weighted by Gasteiger charge is -2.34. The first kappa shape index (κ1) is 24.9. The van der Waals surface area contributed by atoms with E-state index in [1.54, 1.807) is 0 Å². The zero-order valence-electron chi connectivity index (χ0n) is 18.7. The minimum atomic E-state index is 0. The van der Waals surface area contributed by atoms with Crippen LogP contribution in [0.1, 0.15) is 50.7 Å². The summed E-state index contributed by atoms with van der Waals surface area (Å²) in [6.45, 7) is 10.3. The third-order valence-corrected chi connectivity index (χ3v) is 5.83. The number of nitrogens with one attached hydrogen (secondary N) is 2. The standard InChI is InChI=1S/C23H37N5O.HI/c1-18(2)15-27-13-10-21(11-14-27)26-23(24-3)25-12-6-9-22(29)28-16-19-7-4-5-8-20(19)17-28;/h4-5,7-8,18,21H,6,9-17H2,1-3H3,(H2,24,25,26);1H. The van der Waals surface area contributed by atoms with Gasteiger partial charge in [-0.2, -0.15) is 0 Å². The van der Waals surface area contributed by atoms with Gasteiger partial charge in [-0.3, -0.25) is 9.79 Å². The first-order chi connectivity index (χ1) is 14.0. The monoisotopic (exact) mass is 527 g/mol. The smallest absolute Gasteiger partial charge is 0.223 e. The zero-order chi connectivity index (χ0) is 20.6. The molecular formula is C23H38IN5O. The van der Waals surface area contributed by atoms with Gasteiger partial charge in [0.15, 0.2) is 5.96 Å². The predicted octanol–water partition coefficient (Wildman–Crippen LogP) is 3.21. The van der Waals surface area contributed by atoms with E-state index in [2.05, 4.69) is 46.5 Å². The van der Waals surface area contributed by atoms with E-state index in [1.807, 2.05) is 24.1 Å². The molecule has 0 saturated carbocycles. The molecule has 0 aromatic heterocycles. The predicted molar refractivity (Wildman–Crippen MR) is 134 cm³/mol. The number of fused-ring (bicyclic) bond motifs is 1. The van der Waals surface area contributed by atoms with Crippen LogP contribution in [0, 0.1) is 5.92 Å². The second-order valence-corrected chi connectivity index (χ2v) is 8.73. The second-order valence-electron chi connectivity index (χ2n) is 8.73. The van der Waals surface area contributed by atoms with Gasteiger partial charge in [-0.05, 0) is 36.3 Å². The Bertz CT molecular complexity index is 676. The highest BCUT2D eigenvalue weighted by Gasteiger charge is 2.23. The van der Waals surface area contributed by atoms with E-state index in [0.717, 1.165) is 63.9 Å². The van der Waals surface area contributed by atoms with Gasteiger partial charge in [0.05, 0.1) is 0 Å². The number of rotatable bonds is 7. The van der Waals surface area contributed by atoms with Crippen LogP contribution in [0.25, 0.3) is 0 Å². The van der Waals surface area contributed by atoms with Crippen molar-refractivity contribution in [1.82, 2.24) is 20.4 Å². The summed E-state index contributed by atoms with van der Waals surface area (Å²) in [6, 6.07) is 8.81. The van der Waals surface area contributed by atoms with Crippen LogP contribution < -0.4 is 10.6 Å². The van der Waals surface area contributed by atoms with E-state index in [1.165, 1.54) is 17.7 Å². The Morgan fingerprint density at radius 1 is 1.17 bits per heavy atom. The van der Waals surface area contributed by atoms with Gasteiger partial charge in [0.2, 0.25) is 5.91 Å². The maximum atomic E-state index is 12.5. The van der Waals surface area contributed by atoms with Crippen molar-refractivity contribution in [3.8, 4) is 0 Å². The molecule has 1 aromatic carbocycles. The first-order valence-electron chi connectivity index (χ1n) is 11.1. The topological polar surface area (TPSA) is 60.0 Å². The number of nitrogens with zero attached hydrogens (tertiary/aromatic N) is 3. The van der Waals surface area contributed by atoms with Gasteiger partial charge in [0, 0.05) is 58.8 Å². The van der Waals surface area contributed by atoms with Crippen molar-refractivity contribution in [3.05, 3.63) is 35.4 Å². The average Bonchev–Trinajstić information content (AvgIpc) is 3.15. The number of guanidine groups is 1. The molecule has 168 valence electrons. The minimum absolute atomic E-state index is 0. The highest BCUT2D eigenvalue weighted by Crippen LogP contribution is 2.22. The molecule has 2 aliphatic heterocycles. The molecule has 1 aromatic rings. The summed E-state index contributed by atoms with van der Waals surface area (Å²) < 4.78 is 0. The van der Waals surface area contributed by atoms with Gasteiger partial charge < -0.3 is 20.4 Å². The Labute approximate surface area is 198 Å². The number of piperidine rings is 1. The maximum absolute atomic E-state index is 12.5. The fourth-order valence-electron chi connectivity index (χ4n) is 4.28. The van der Waals surface area contributed by atoms with Gasteiger partial charge in [0.1, 0.15) is 0 Å². The summed E-state index contributed by atoms with van der Waals surface area (Å²) in [5, 5.41) is 6.93. The third kappa shape index (κ3) is 7.41. The van der Waals surface area contributed by atoms with E-state index in [9.17, 15) is 4.79 Å². The zero-order valence-corrected chi connectivity index (χ0v) is 21.0. The number of benzene rings is 1. The summed E-state index contributed by atoms with van der Waals surface area (Å²) in [7, 11) is 1.82. The Balaban J connectivity index is 0.00000320. The van der Waals surface area contributed by atoms with E-state index in [0.29, 0.717) is 12.5 Å². The summed E-state index contributed by atoms with van der Waals surface area (Å²) in [5.74, 6) is 1.82. The first-order valence-corrected chi connectivity index (χ1v) is 11.1. The van der Waals surface area contributed by atoms with Gasteiger partial charge >= 0.3 is 0 Å². The quantitative estimate of drug-likeness (QED) is 0.248. The SMILES string of the molecule is CN=C(NCCCC(=O)N1Cc2ccccc2C1)NC1CCN(CC(C)C)CC1.I. The molecule has 2 aliphatic rings. The highest BCUT2D eigenvalue weighted by molar-refractivity contribution is 14.0. The van der Waals surface area contributed by atoms with Crippen LogP contribution in [0.4, 0.5) is 0 Å². The molecule has 1 saturated heterocycles. The molecule has 0 spiro atoms. The second kappa shape index (κ2) is 12.5. The van der Waals surface area contributed by atoms with Crippen LogP contribution in [0.2, 0.25) is 0 Å². The Hall–Kier alpha value is -1.35. The summed E-state index contributed by atoms with van der Waals surface area (Å²) in [5.41, 5.74) is 2.56. The van der Waals surface area contributed by atoms with Gasteiger partial charge in [-0.25, -0.2) is 0 Å². The van der Waals surface area contributed by atoms with Crippen LogP contribution >= 0.6 is 24.0 Å². The van der Waals surface area contributed by atoms with Crippen molar-refractivity contribution in [2.75, 3.05) is 33.2 Å². The normalized spacial score (nSPS) is 17.6. The van der Waals surface area contributed by atoms with Crippen molar-refractivity contribution < 1.29 is 4.79 Å². The van der Waals surface area contributed by atoms with Gasteiger partial charge in [-0.15, -0.1) is 24.0 Å². The highest BCUT2D eigenvalue weighted by atomic mass is 127. The Kier molecular flexibility index (Phi) is 10.4. The molecule has 2 N–H and O–H groups in total. The lowest BCUT2D eigenvalue weighted by atomic mass is 10.0. The van der Waals surface area contributed by atoms with Crippen LogP contribution in [0.3, 0.4) is 0 Å². The van der Waals surface area contributed by atoms with E-state index in [4.69, 9.17) is 0 Å². The molecule has 0 bridgehead atoms. The number of hydrogen-bond donors (Lipinski definition) is 2. The largest absolute Gasteiger partial charge is 0.356 e. The molecule has 2 heterocycles. The fraction of sp³-hybridized carbons (Fsp3) is 0.652. The average molecular weight is 527 g/mol. The number of carbonyl (C=O) groups excluding carboxylic acids is 1. The molecule has 7 heteroatoms.